The molecule has 0 saturated carbocycles. The third-order valence-electron chi connectivity index (χ3n) is 4.55. The zero-order valence-electron chi connectivity index (χ0n) is 17.2. The first-order chi connectivity index (χ1) is 14.5. The molecule has 0 aliphatic rings. The third-order valence-corrected chi connectivity index (χ3v) is 7.68. The van der Waals surface area contributed by atoms with Gasteiger partial charge in [-0.1, -0.05) is 36.1 Å². The van der Waals surface area contributed by atoms with Gasteiger partial charge in [0.05, 0.1) is 0 Å². The average molecular weight is 464 g/mol. The number of nitrogens with zero attached hydrogens (tertiary/aromatic N) is 3. The molecule has 3 aromatic rings. The Kier molecular flexibility index (Phi) is 8.17. The number of aryl methyl sites for hydroxylation is 2. The summed E-state index contributed by atoms with van der Waals surface area (Å²) in [6, 6.07) is 7.44. The lowest BCUT2D eigenvalue weighted by atomic mass is 10.1. The molecule has 2 N–H and O–H groups in total. The first kappa shape index (κ1) is 22.6. The fourth-order valence-corrected chi connectivity index (χ4v) is 5.25. The Morgan fingerprint density at radius 3 is 2.77 bits per heavy atom. The molecule has 0 atom stereocenters. The molecule has 0 unspecified atom stereocenters. The lowest BCUT2D eigenvalue weighted by molar-refractivity contribution is 0.620. The molecule has 2 heterocycles. The molecule has 160 valence electrons. The van der Waals surface area contributed by atoms with E-state index >= 15 is 0 Å². The fraction of sp³-hybridized carbons (Fsp3) is 0.400. The van der Waals surface area contributed by atoms with E-state index in [1.54, 1.807) is 34.9 Å². The SMILES string of the molecule is CCc1cc(Nc2cc(=O)n(CCCSCc3nnc(SC)s3)c(=O)[nH]2)ccc1C. The maximum atomic E-state index is 12.4. The Bertz CT molecular complexity index is 1080. The van der Waals surface area contributed by atoms with Crippen LogP contribution < -0.4 is 16.6 Å². The average Bonchev–Trinajstić information content (AvgIpc) is 3.19. The molecule has 0 aliphatic carbocycles. The monoisotopic (exact) mass is 463 g/mol. The zero-order chi connectivity index (χ0) is 21.5. The van der Waals surface area contributed by atoms with Crippen molar-refractivity contribution in [1.29, 1.82) is 0 Å². The van der Waals surface area contributed by atoms with Gasteiger partial charge in [-0.25, -0.2) is 4.79 Å². The molecule has 7 nitrogen and oxygen atoms in total. The summed E-state index contributed by atoms with van der Waals surface area (Å²) in [5.41, 5.74) is 2.60. The quantitative estimate of drug-likeness (QED) is 0.346. The van der Waals surface area contributed by atoms with Gasteiger partial charge in [-0.3, -0.25) is 14.3 Å². The highest BCUT2D eigenvalue weighted by molar-refractivity contribution is 8.00. The maximum Gasteiger partial charge on any atom is 0.329 e. The van der Waals surface area contributed by atoms with Crippen molar-refractivity contribution in [2.45, 2.75) is 43.3 Å². The summed E-state index contributed by atoms with van der Waals surface area (Å²) in [7, 11) is 0. The van der Waals surface area contributed by atoms with Gasteiger partial charge in [0.15, 0.2) is 4.34 Å². The zero-order valence-corrected chi connectivity index (χ0v) is 19.7. The predicted octanol–water partition coefficient (Wildman–Crippen LogP) is 4.05. The van der Waals surface area contributed by atoms with Crippen molar-refractivity contribution >= 4 is 46.4 Å². The van der Waals surface area contributed by atoms with Crippen molar-refractivity contribution < 1.29 is 0 Å². The van der Waals surface area contributed by atoms with Gasteiger partial charge in [0.1, 0.15) is 10.8 Å². The summed E-state index contributed by atoms with van der Waals surface area (Å²) in [4.78, 5) is 27.6. The van der Waals surface area contributed by atoms with Gasteiger partial charge in [-0.2, -0.15) is 11.8 Å². The minimum atomic E-state index is -0.397. The van der Waals surface area contributed by atoms with Crippen LogP contribution in [0.5, 0.6) is 0 Å². The highest BCUT2D eigenvalue weighted by atomic mass is 32.2. The topological polar surface area (TPSA) is 92.7 Å². The predicted molar refractivity (Wildman–Crippen MR) is 128 cm³/mol. The number of aromatic nitrogens is 4. The molecule has 30 heavy (non-hydrogen) atoms. The van der Waals surface area contributed by atoms with Gasteiger partial charge in [-0.05, 0) is 55.0 Å². The van der Waals surface area contributed by atoms with Gasteiger partial charge < -0.3 is 5.32 Å². The first-order valence-electron chi connectivity index (χ1n) is 9.65. The third kappa shape index (κ3) is 5.99. The molecule has 3 rings (SSSR count). The van der Waals surface area contributed by atoms with Crippen LogP contribution in [0.2, 0.25) is 0 Å². The van der Waals surface area contributed by atoms with Crippen LogP contribution >= 0.6 is 34.9 Å². The smallest absolute Gasteiger partial charge is 0.329 e. The van der Waals surface area contributed by atoms with Gasteiger partial charge in [-0.15, -0.1) is 10.2 Å². The summed E-state index contributed by atoms with van der Waals surface area (Å²) in [6.07, 6.45) is 3.64. The van der Waals surface area contributed by atoms with Crippen LogP contribution in [-0.4, -0.2) is 31.8 Å². The highest BCUT2D eigenvalue weighted by Crippen LogP contribution is 2.23. The van der Waals surface area contributed by atoms with E-state index in [9.17, 15) is 9.59 Å². The summed E-state index contributed by atoms with van der Waals surface area (Å²) in [6.45, 7) is 4.56. The molecule has 0 radical (unpaired) electrons. The number of H-pyrrole nitrogens is 1. The standard InChI is InChI=1S/C20H25N5O2S3/c1-4-14-10-15(7-6-13(14)2)21-16-11-18(26)25(19(27)22-16)8-5-9-29-12-17-23-24-20(28-3)30-17/h6-7,10-11,21H,4-5,8-9,12H2,1-3H3,(H,22,27). The summed E-state index contributed by atoms with van der Waals surface area (Å²) < 4.78 is 2.21. The molecule has 10 heteroatoms. The van der Waals surface area contributed by atoms with Crippen molar-refractivity contribution in [2.24, 2.45) is 0 Å². The van der Waals surface area contributed by atoms with Crippen LogP contribution in [0.4, 0.5) is 11.5 Å². The van der Waals surface area contributed by atoms with Crippen molar-refractivity contribution in [1.82, 2.24) is 19.7 Å². The Morgan fingerprint density at radius 1 is 1.23 bits per heavy atom. The molecular weight excluding hydrogens is 438 g/mol. The van der Waals surface area contributed by atoms with E-state index in [-0.39, 0.29) is 5.56 Å². The largest absolute Gasteiger partial charge is 0.342 e. The van der Waals surface area contributed by atoms with Gasteiger partial charge in [0, 0.05) is 24.1 Å². The van der Waals surface area contributed by atoms with Crippen molar-refractivity contribution in [2.75, 3.05) is 17.3 Å². The molecule has 0 bridgehead atoms. The van der Waals surface area contributed by atoms with Crippen LogP contribution in [0.25, 0.3) is 0 Å². The van der Waals surface area contributed by atoms with Crippen molar-refractivity contribution in [3.8, 4) is 0 Å². The fourth-order valence-electron chi connectivity index (χ4n) is 2.95. The van der Waals surface area contributed by atoms with Gasteiger partial charge in [0.25, 0.3) is 5.56 Å². The van der Waals surface area contributed by atoms with Crippen molar-refractivity contribution in [3.05, 3.63) is 61.2 Å². The molecule has 0 saturated heterocycles. The molecule has 0 amide bonds. The molecule has 2 aromatic heterocycles. The number of nitrogens with one attached hydrogen (secondary N) is 2. The summed E-state index contributed by atoms with van der Waals surface area (Å²) in [5, 5.41) is 12.3. The van der Waals surface area contributed by atoms with Crippen LogP contribution in [0, 0.1) is 6.92 Å². The Hall–Kier alpha value is -2.04. The highest BCUT2D eigenvalue weighted by Gasteiger charge is 2.07. The Labute approximate surface area is 187 Å². The first-order valence-corrected chi connectivity index (χ1v) is 12.8. The number of hydrogen-bond acceptors (Lipinski definition) is 8. The minimum absolute atomic E-state index is 0.303. The lowest BCUT2D eigenvalue weighted by Gasteiger charge is -2.11. The van der Waals surface area contributed by atoms with E-state index in [2.05, 4.69) is 34.3 Å². The van der Waals surface area contributed by atoms with E-state index in [4.69, 9.17) is 0 Å². The second kappa shape index (κ2) is 10.8. The van der Waals surface area contributed by atoms with E-state index < -0.39 is 5.69 Å². The number of benzene rings is 1. The van der Waals surface area contributed by atoms with Crippen LogP contribution in [0.1, 0.15) is 29.5 Å². The number of rotatable bonds is 10. The molecule has 0 spiro atoms. The Balaban J connectivity index is 1.55. The van der Waals surface area contributed by atoms with Crippen LogP contribution in [-0.2, 0) is 18.7 Å². The van der Waals surface area contributed by atoms with Crippen molar-refractivity contribution in [3.63, 3.8) is 0 Å². The molecule has 1 aromatic carbocycles. The summed E-state index contributed by atoms with van der Waals surface area (Å²) >= 11 is 4.92. The van der Waals surface area contributed by atoms with Crippen LogP contribution in [0.3, 0.4) is 0 Å². The number of thioether (sulfide) groups is 2. The molecular formula is C20H25N5O2S3. The lowest BCUT2D eigenvalue weighted by Crippen LogP contribution is -2.35. The minimum Gasteiger partial charge on any atom is -0.342 e. The van der Waals surface area contributed by atoms with Crippen LogP contribution in [0.15, 0.2) is 38.2 Å². The van der Waals surface area contributed by atoms with E-state index in [0.29, 0.717) is 12.4 Å². The van der Waals surface area contributed by atoms with Gasteiger partial charge in [0.2, 0.25) is 0 Å². The second-order valence-corrected chi connectivity index (χ2v) is 9.89. The maximum absolute atomic E-state index is 12.4. The van der Waals surface area contributed by atoms with Gasteiger partial charge >= 0.3 is 5.69 Å². The van der Waals surface area contributed by atoms with E-state index in [1.165, 1.54) is 21.8 Å². The molecule has 0 fully saturated rings. The normalized spacial score (nSPS) is 11.0. The number of anilines is 2. The Morgan fingerprint density at radius 2 is 2.07 bits per heavy atom. The van der Waals surface area contributed by atoms with E-state index in [1.807, 2.05) is 24.5 Å². The summed E-state index contributed by atoms with van der Waals surface area (Å²) in [5.74, 6) is 2.04. The van der Waals surface area contributed by atoms with E-state index in [0.717, 1.165) is 39.4 Å². The number of aromatic amines is 1. The number of hydrogen-bond donors (Lipinski definition) is 2. The molecule has 0 aliphatic heterocycles. The second-order valence-electron chi connectivity index (χ2n) is 6.67.